The molecular formula is C31H42O4. The zero-order valence-corrected chi connectivity index (χ0v) is 22.7. The van der Waals surface area contributed by atoms with Gasteiger partial charge < -0.3 is 9.47 Å². The van der Waals surface area contributed by atoms with Crippen LogP contribution in [-0.2, 0) is 24.5 Å². The molecule has 4 heteroatoms. The lowest BCUT2D eigenvalue weighted by atomic mass is 9.66. The molecule has 4 nitrogen and oxygen atoms in total. The predicted octanol–water partition coefficient (Wildman–Crippen LogP) is 7.47. The molecule has 2 atom stereocenters. The van der Waals surface area contributed by atoms with Gasteiger partial charge in [-0.1, -0.05) is 62.4 Å². The van der Waals surface area contributed by atoms with Crippen molar-refractivity contribution in [2.75, 3.05) is 0 Å². The number of fused-ring (bicyclic) bond motifs is 3. The number of carbonyl (C=O) groups excluding carboxylic acids is 2. The highest BCUT2D eigenvalue weighted by Gasteiger charge is 2.48. The SMILES string of the molecule is CCC(CC1(CC(CC)C(=O)OC(C)(C)C)c2ccccc2-c2ccccc21)C(=O)OC(C)(C)C. The molecule has 0 bridgehead atoms. The lowest BCUT2D eigenvalue weighted by Crippen LogP contribution is -2.38. The summed E-state index contributed by atoms with van der Waals surface area (Å²) in [5.74, 6) is -0.924. The Hall–Kier alpha value is -2.62. The van der Waals surface area contributed by atoms with Crippen LogP contribution in [0, 0.1) is 11.8 Å². The van der Waals surface area contributed by atoms with Gasteiger partial charge in [0.25, 0.3) is 0 Å². The molecule has 0 aliphatic heterocycles. The average Bonchev–Trinajstić information content (AvgIpc) is 3.03. The first kappa shape index (κ1) is 27.0. The van der Waals surface area contributed by atoms with E-state index in [0.717, 1.165) is 0 Å². The second-order valence-corrected chi connectivity index (χ2v) is 11.9. The molecule has 0 aromatic heterocycles. The van der Waals surface area contributed by atoms with Crippen LogP contribution in [0.3, 0.4) is 0 Å². The fraction of sp³-hybridized carbons (Fsp3) is 0.548. The summed E-state index contributed by atoms with van der Waals surface area (Å²) < 4.78 is 11.7. The van der Waals surface area contributed by atoms with Gasteiger partial charge in [0.05, 0.1) is 11.8 Å². The van der Waals surface area contributed by atoms with Crippen LogP contribution in [0.15, 0.2) is 48.5 Å². The largest absolute Gasteiger partial charge is 0.460 e. The van der Waals surface area contributed by atoms with E-state index in [9.17, 15) is 9.59 Å². The molecule has 35 heavy (non-hydrogen) atoms. The number of benzene rings is 2. The molecule has 1 aliphatic rings. The number of carbonyl (C=O) groups is 2. The maximum atomic E-state index is 13.3. The predicted molar refractivity (Wildman–Crippen MR) is 141 cm³/mol. The maximum absolute atomic E-state index is 13.3. The lowest BCUT2D eigenvalue weighted by Gasteiger charge is -2.38. The van der Waals surface area contributed by atoms with Crippen molar-refractivity contribution < 1.29 is 19.1 Å². The van der Waals surface area contributed by atoms with E-state index in [1.54, 1.807) is 0 Å². The van der Waals surface area contributed by atoms with Gasteiger partial charge in [0.1, 0.15) is 11.2 Å². The summed E-state index contributed by atoms with van der Waals surface area (Å²) in [5.41, 5.74) is 3.15. The van der Waals surface area contributed by atoms with E-state index in [0.29, 0.717) is 25.7 Å². The summed E-state index contributed by atoms with van der Waals surface area (Å²) in [7, 11) is 0. The van der Waals surface area contributed by atoms with Crippen LogP contribution in [-0.4, -0.2) is 23.1 Å². The number of rotatable bonds is 8. The molecule has 0 saturated carbocycles. The van der Waals surface area contributed by atoms with Crippen LogP contribution in [0.4, 0.5) is 0 Å². The Labute approximate surface area is 211 Å². The topological polar surface area (TPSA) is 52.6 Å². The minimum absolute atomic E-state index is 0.174. The Morgan fingerprint density at radius 3 is 1.34 bits per heavy atom. The smallest absolute Gasteiger partial charge is 0.309 e. The quantitative estimate of drug-likeness (QED) is 0.369. The first-order valence-electron chi connectivity index (χ1n) is 13.0. The number of hydrogen-bond acceptors (Lipinski definition) is 4. The Morgan fingerprint density at radius 1 is 0.686 bits per heavy atom. The lowest BCUT2D eigenvalue weighted by molar-refractivity contribution is -0.161. The van der Waals surface area contributed by atoms with E-state index >= 15 is 0 Å². The summed E-state index contributed by atoms with van der Waals surface area (Å²) in [4.78, 5) is 26.6. The van der Waals surface area contributed by atoms with Crippen molar-refractivity contribution in [1.29, 1.82) is 0 Å². The average molecular weight is 479 g/mol. The van der Waals surface area contributed by atoms with Crippen molar-refractivity contribution in [3.63, 3.8) is 0 Å². The van der Waals surface area contributed by atoms with Crippen molar-refractivity contribution in [3.8, 4) is 11.1 Å². The highest BCUT2D eigenvalue weighted by Crippen LogP contribution is 2.55. The monoisotopic (exact) mass is 478 g/mol. The fourth-order valence-corrected chi connectivity index (χ4v) is 5.34. The molecule has 2 aromatic rings. The third-order valence-corrected chi connectivity index (χ3v) is 6.83. The van der Waals surface area contributed by atoms with Gasteiger partial charge in [-0.3, -0.25) is 9.59 Å². The number of ether oxygens (including phenoxy) is 2. The first-order chi connectivity index (χ1) is 16.3. The second kappa shape index (κ2) is 10.2. The van der Waals surface area contributed by atoms with Gasteiger partial charge in [0.2, 0.25) is 0 Å². The van der Waals surface area contributed by atoms with Crippen LogP contribution in [0.2, 0.25) is 0 Å². The standard InChI is InChI=1S/C31H42O4/c1-9-21(27(32)34-29(3,4)5)19-31(20-22(10-2)28(33)35-30(6,7)8)25-17-13-11-15-23(25)24-16-12-14-18-26(24)31/h11-18,21-22H,9-10,19-20H2,1-8H3. The summed E-state index contributed by atoms with van der Waals surface area (Å²) in [6.45, 7) is 15.5. The van der Waals surface area contributed by atoms with Gasteiger partial charge in [-0.25, -0.2) is 0 Å². The summed E-state index contributed by atoms with van der Waals surface area (Å²) in [5, 5.41) is 0. The molecular weight excluding hydrogens is 436 g/mol. The molecule has 0 saturated heterocycles. The molecule has 2 unspecified atom stereocenters. The molecule has 0 radical (unpaired) electrons. The fourth-order valence-electron chi connectivity index (χ4n) is 5.34. The van der Waals surface area contributed by atoms with Crippen molar-refractivity contribution in [3.05, 3.63) is 59.7 Å². The van der Waals surface area contributed by atoms with Crippen LogP contribution >= 0.6 is 0 Å². The Kier molecular flexibility index (Phi) is 7.83. The Morgan fingerprint density at radius 2 is 1.03 bits per heavy atom. The normalized spacial score (nSPS) is 16.1. The molecule has 0 fully saturated rings. The van der Waals surface area contributed by atoms with Gasteiger partial charge in [-0.05, 0) is 89.5 Å². The summed E-state index contributed by atoms with van der Waals surface area (Å²) >= 11 is 0. The zero-order valence-electron chi connectivity index (χ0n) is 22.7. The van der Waals surface area contributed by atoms with Crippen LogP contribution in [0.1, 0.15) is 92.2 Å². The van der Waals surface area contributed by atoms with Crippen LogP contribution < -0.4 is 0 Å². The number of esters is 2. The molecule has 2 aromatic carbocycles. The summed E-state index contributed by atoms with van der Waals surface area (Å²) in [6.07, 6.45) is 2.52. The van der Waals surface area contributed by atoms with Gasteiger partial charge in [-0.2, -0.15) is 0 Å². The zero-order chi connectivity index (χ0) is 26.0. The molecule has 0 heterocycles. The van der Waals surface area contributed by atoms with E-state index in [1.807, 2.05) is 55.4 Å². The summed E-state index contributed by atoms with van der Waals surface area (Å²) in [6, 6.07) is 16.9. The third-order valence-electron chi connectivity index (χ3n) is 6.83. The highest BCUT2D eigenvalue weighted by molar-refractivity contribution is 5.83. The molecule has 0 N–H and O–H groups in total. The molecule has 3 rings (SSSR count). The van der Waals surface area contributed by atoms with Gasteiger partial charge in [-0.15, -0.1) is 0 Å². The van der Waals surface area contributed by atoms with Crippen molar-refractivity contribution in [1.82, 2.24) is 0 Å². The van der Waals surface area contributed by atoms with Crippen LogP contribution in [0.25, 0.3) is 11.1 Å². The van der Waals surface area contributed by atoms with Gasteiger partial charge in [0, 0.05) is 5.41 Å². The molecule has 1 aliphatic carbocycles. The van der Waals surface area contributed by atoms with Crippen molar-refractivity contribution in [2.45, 2.75) is 97.7 Å². The molecule has 0 amide bonds. The van der Waals surface area contributed by atoms with E-state index in [4.69, 9.17) is 9.47 Å². The minimum Gasteiger partial charge on any atom is -0.460 e. The van der Waals surface area contributed by atoms with Crippen molar-refractivity contribution >= 4 is 11.9 Å². The van der Waals surface area contributed by atoms with E-state index in [1.165, 1.54) is 22.3 Å². The van der Waals surface area contributed by atoms with Crippen LogP contribution in [0.5, 0.6) is 0 Å². The Bertz CT molecular complexity index is 969. The van der Waals surface area contributed by atoms with E-state index in [2.05, 4.69) is 48.5 Å². The second-order valence-electron chi connectivity index (χ2n) is 11.9. The molecule has 190 valence electrons. The maximum Gasteiger partial charge on any atom is 0.309 e. The van der Waals surface area contributed by atoms with E-state index in [-0.39, 0.29) is 23.8 Å². The minimum atomic E-state index is -0.550. The van der Waals surface area contributed by atoms with Crippen molar-refractivity contribution in [2.24, 2.45) is 11.8 Å². The first-order valence-corrected chi connectivity index (χ1v) is 13.0. The highest BCUT2D eigenvalue weighted by atomic mass is 16.6. The molecule has 0 spiro atoms. The third kappa shape index (κ3) is 5.97. The van der Waals surface area contributed by atoms with Gasteiger partial charge in [0.15, 0.2) is 0 Å². The Balaban J connectivity index is 2.13. The van der Waals surface area contributed by atoms with E-state index < -0.39 is 16.6 Å². The number of hydrogen-bond donors (Lipinski definition) is 0. The van der Waals surface area contributed by atoms with Gasteiger partial charge >= 0.3 is 11.9 Å².